The number of hydrogen-bond acceptors (Lipinski definition) is 4. The summed E-state index contributed by atoms with van der Waals surface area (Å²) >= 11 is 0. The molecule has 14 heavy (non-hydrogen) atoms. The number of rotatable bonds is 3. The van der Waals surface area contributed by atoms with Crippen molar-refractivity contribution in [3.05, 3.63) is 0 Å². The molecule has 5 nitrogen and oxygen atoms in total. The van der Waals surface area contributed by atoms with Crippen molar-refractivity contribution in [2.75, 3.05) is 20.2 Å². The van der Waals surface area contributed by atoms with Gasteiger partial charge in [-0.2, -0.15) is 0 Å². The van der Waals surface area contributed by atoms with Crippen LogP contribution in [-0.2, 0) is 14.3 Å². The highest BCUT2D eigenvalue weighted by molar-refractivity contribution is 5.71. The Morgan fingerprint density at radius 1 is 1.50 bits per heavy atom. The lowest BCUT2D eigenvalue weighted by Gasteiger charge is -2.26. The number of nitrogens with one attached hydrogen (secondary N) is 1. The van der Waals surface area contributed by atoms with Gasteiger partial charge in [0.25, 0.3) is 0 Å². The van der Waals surface area contributed by atoms with Crippen molar-refractivity contribution >= 4 is 11.9 Å². The van der Waals surface area contributed by atoms with Gasteiger partial charge >= 0.3 is 11.9 Å². The van der Waals surface area contributed by atoms with Crippen molar-refractivity contribution in [1.29, 1.82) is 0 Å². The van der Waals surface area contributed by atoms with Gasteiger partial charge in [0, 0.05) is 13.0 Å². The minimum atomic E-state index is -0.799. The van der Waals surface area contributed by atoms with Gasteiger partial charge in [0.05, 0.1) is 13.0 Å². The van der Waals surface area contributed by atoms with Crippen LogP contribution in [0, 0.1) is 11.8 Å². The fraction of sp³-hybridized carbons (Fsp3) is 0.778. The molecule has 0 amide bonds. The Kier molecular flexibility index (Phi) is 3.88. The van der Waals surface area contributed by atoms with E-state index < -0.39 is 5.97 Å². The van der Waals surface area contributed by atoms with Crippen LogP contribution in [0.3, 0.4) is 0 Å². The van der Waals surface area contributed by atoms with Crippen LogP contribution < -0.4 is 5.32 Å². The summed E-state index contributed by atoms with van der Waals surface area (Å²) in [4.78, 5) is 21.7. The summed E-state index contributed by atoms with van der Waals surface area (Å²) in [7, 11) is 1.34. The Morgan fingerprint density at radius 3 is 2.79 bits per heavy atom. The van der Waals surface area contributed by atoms with E-state index in [9.17, 15) is 9.59 Å². The van der Waals surface area contributed by atoms with Gasteiger partial charge in [0.1, 0.15) is 0 Å². The molecule has 1 heterocycles. The van der Waals surface area contributed by atoms with Gasteiger partial charge in [-0.3, -0.25) is 9.59 Å². The van der Waals surface area contributed by atoms with Gasteiger partial charge in [-0.05, 0) is 18.9 Å². The molecule has 0 bridgehead atoms. The van der Waals surface area contributed by atoms with E-state index in [4.69, 9.17) is 5.11 Å². The average Bonchev–Trinajstić information content (AvgIpc) is 2.18. The molecule has 0 radical (unpaired) electrons. The molecule has 0 saturated carbocycles. The average molecular weight is 201 g/mol. The maximum Gasteiger partial charge on any atom is 0.307 e. The first-order valence-electron chi connectivity index (χ1n) is 4.63. The highest BCUT2D eigenvalue weighted by Crippen LogP contribution is 2.19. The maximum atomic E-state index is 11.0. The molecule has 0 spiro atoms. The number of carboxylic acids is 1. The number of carbonyl (C=O) groups excluding carboxylic acids is 1. The third kappa shape index (κ3) is 2.99. The minimum Gasteiger partial charge on any atom is -0.481 e. The van der Waals surface area contributed by atoms with Gasteiger partial charge in [-0.15, -0.1) is 0 Å². The van der Waals surface area contributed by atoms with E-state index >= 15 is 0 Å². The fourth-order valence-corrected chi connectivity index (χ4v) is 1.69. The fourth-order valence-electron chi connectivity index (χ4n) is 1.69. The van der Waals surface area contributed by atoms with Crippen molar-refractivity contribution in [3.63, 3.8) is 0 Å². The summed E-state index contributed by atoms with van der Waals surface area (Å²) in [6.07, 6.45) is 0.852. The second-order valence-corrected chi connectivity index (χ2v) is 3.58. The SMILES string of the molecule is COC(=O)C[C@@H]1CNC[C@H](C(=O)O)C1. The normalized spacial score (nSPS) is 26.9. The first kappa shape index (κ1) is 11.0. The molecular formula is C9H15NO4. The summed E-state index contributed by atoms with van der Waals surface area (Å²) < 4.78 is 4.53. The number of aliphatic carboxylic acids is 1. The van der Waals surface area contributed by atoms with Gasteiger partial charge in [-0.25, -0.2) is 0 Å². The lowest BCUT2D eigenvalue weighted by molar-refractivity contribution is -0.146. The van der Waals surface area contributed by atoms with Crippen molar-refractivity contribution in [2.24, 2.45) is 11.8 Å². The van der Waals surface area contributed by atoms with E-state index in [1.165, 1.54) is 7.11 Å². The van der Waals surface area contributed by atoms with Crippen LogP contribution in [0.5, 0.6) is 0 Å². The van der Waals surface area contributed by atoms with E-state index in [-0.39, 0.29) is 17.8 Å². The molecule has 1 aliphatic rings. The van der Waals surface area contributed by atoms with E-state index in [1.54, 1.807) is 0 Å². The predicted molar refractivity (Wildman–Crippen MR) is 48.7 cm³/mol. The predicted octanol–water partition coefficient (Wildman–Crippen LogP) is -0.140. The van der Waals surface area contributed by atoms with Crippen LogP contribution in [-0.4, -0.2) is 37.2 Å². The lowest BCUT2D eigenvalue weighted by atomic mass is 9.88. The molecule has 1 aliphatic heterocycles. The second-order valence-electron chi connectivity index (χ2n) is 3.58. The van der Waals surface area contributed by atoms with Crippen molar-refractivity contribution in [2.45, 2.75) is 12.8 Å². The van der Waals surface area contributed by atoms with Gasteiger partial charge in [0.15, 0.2) is 0 Å². The molecule has 0 unspecified atom stereocenters. The highest BCUT2D eigenvalue weighted by Gasteiger charge is 2.28. The van der Waals surface area contributed by atoms with E-state index in [2.05, 4.69) is 10.1 Å². The molecule has 0 aromatic carbocycles. The van der Waals surface area contributed by atoms with E-state index in [0.717, 1.165) is 0 Å². The molecule has 2 N–H and O–H groups in total. The molecule has 0 aromatic heterocycles. The number of esters is 1. The Morgan fingerprint density at radius 2 is 2.21 bits per heavy atom. The van der Waals surface area contributed by atoms with Crippen LogP contribution in [0.15, 0.2) is 0 Å². The zero-order valence-corrected chi connectivity index (χ0v) is 8.16. The zero-order valence-electron chi connectivity index (χ0n) is 8.16. The van der Waals surface area contributed by atoms with Gasteiger partial charge < -0.3 is 15.2 Å². The second kappa shape index (κ2) is 4.95. The zero-order chi connectivity index (χ0) is 10.6. The summed E-state index contributed by atoms with van der Waals surface area (Å²) in [5.41, 5.74) is 0. The van der Waals surface area contributed by atoms with Crippen molar-refractivity contribution in [1.82, 2.24) is 5.32 Å². The largest absolute Gasteiger partial charge is 0.481 e. The lowest BCUT2D eigenvalue weighted by Crippen LogP contribution is -2.40. The summed E-state index contributed by atoms with van der Waals surface area (Å²) in [6.45, 7) is 1.19. The molecule has 0 aromatic rings. The molecule has 0 aliphatic carbocycles. The number of carbonyl (C=O) groups is 2. The first-order valence-corrected chi connectivity index (χ1v) is 4.63. The Hall–Kier alpha value is -1.10. The van der Waals surface area contributed by atoms with Gasteiger partial charge in [0.2, 0.25) is 0 Å². The highest BCUT2D eigenvalue weighted by atomic mass is 16.5. The summed E-state index contributed by atoms with van der Waals surface area (Å²) in [5, 5.41) is 11.8. The number of methoxy groups -OCH3 is 1. The molecule has 80 valence electrons. The topological polar surface area (TPSA) is 75.6 Å². The number of carboxylic acid groups (broad SMARTS) is 1. The van der Waals surface area contributed by atoms with Crippen LogP contribution in [0.1, 0.15) is 12.8 Å². The number of piperidine rings is 1. The van der Waals surface area contributed by atoms with Gasteiger partial charge in [-0.1, -0.05) is 0 Å². The van der Waals surface area contributed by atoms with Crippen LogP contribution in [0.2, 0.25) is 0 Å². The summed E-state index contributed by atoms with van der Waals surface area (Å²) in [6, 6.07) is 0. The van der Waals surface area contributed by atoms with E-state index in [1.807, 2.05) is 0 Å². The molecule has 1 fully saturated rings. The Bertz CT molecular complexity index is 229. The number of ether oxygens (including phenoxy) is 1. The van der Waals surface area contributed by atoms with Crippen LogP contribution in [0.4, 0.5) is 0 Å². The first-order chi connectivity index (χ1) is 6.63. The molecular weight excluding hydrogens is 186 g/mol. The van der Waals surface area contributed by atoms with E-state index in [0.29, 0.717) is 25.9 Å². The quantitative estimate of drug-likeness (QED) is 0.621. The molecule has 2 atom stereocenters. The van der Waals surface area contributed by atoms with Crippen molar-refractivity contribution < 1.29 is 19.4 Å². The smallest absolute Gasteiger partial charge is 0.307 e. The third-order valence-corrected chi connectivity index (χ3v) is 2.47. The molecule has 1 rings (SSSR count). The Balaban J connectivity index is 2.40. The standard InChI is InChI=1S/C9H15NO4/c1-14-8(11)3-6-2-7(9(12)13)5-10-4-6/h6-7,10H,2-5H2,1H3,(H,12,13)/t6-,7-/m1/s1. The monoisotopic (exact) mass is 201 g/mol. The van der Waals surface area contributed by atoms with Crippen molar-refractivity contribution in [3.8, 4) is 0 Å². The minimum absolute atomic E-state index is 0.0808. The third-order valence-electron chi connectivity index (χ3n) is 2.47. The molecule has 5 heteroatoms. The molecule has 1 saturated heterocycles. The van der Waals surface area contributed by atoms with Crippen LogP contribution >= 0.6 is 0 Å². The number of hydrogen-bond donors (Lipinski definition) is 2. The van der Waals surface area contributed by atoms with Crippen LogP contribution in [0.25, 0.3) is 0 Å². The summed E-state index contributed by atoms with van der Waals surface area (Å²) in [5.74, 6) is -1.37. The Labute approximate surface area is 82.4 Å². The maximum absolute atomic E-state index is 11.0.